The number of fused-ring (bicyclic) bond motifs is 2. The number of oxime groups is 1. The van der Waals surface area contributed by atoms with Gasteiger partial charge in [0.25, 0.3) is 0 Å². The van der Waals surface area contributed by atoms with Crippen LogP contribution in [0.25, 0.3) is 0 Å². The van der Waals surface area contributed by atoms with Crippen LogP contribution in [-0.2, 0) is 0 Å². The normalized spacial score (nSPS) is 46.6. The van der Waals surface area contributed by atoms with Crippen LogP contribution in [0.1, 0.15) is 40.0 Å². The van der Waals surface area contributed by atoms with Crippen LogP contribution in [0, 0.1) is 23.2 Å². The number of hydrogen-bond donors (Lipinski definition) is 1. The molecule has 0 saturated heterocycles. The third kappa shape index (κ3) is 0.976. The molecule has 0 radical (unpaired) electrons. The molecule has 2 aliphatic carbocycles. The van der Waals surface area contributed by atoms with Gasteiger partial charge in [0, 0.05) is 11.3 Å². The van der Waals surface area contributed by atoms with Crippen LogP contribution in [0.15, 0.2) is 5.16 Å². The SMILES string of the molecule is CC(C)[C@]1(C)/C(=N\O)[C@@H]2CC[C@H]1C2. The second kappa shape index (κ2) is 2.73. The van der Waals surface area contributed by atoms with Crippen LogP contribution in [0.4, 0.5) is 0 Å². The first-order valence-corrected chi connectivity index (χ1v) is 5.33. The predicted octanol–water partition coefficient (Wildman–Crippen LogP) is 2.91. The fourth-order valence-corrected chi connectivity index (χ4v) is 3.38. The van der Waals surface area contributed by atoms with E-state index in [1.54, 1.807) is 0 Å². The highest BCUT2D eigenvalue weighted by Crippen LogP contribution is 2.56. The molecule has 2 rings (SSSR count). The second-order valence-electron chi connectivity index (χ2n) is 5.13. The van der Waals surface area contributed by atoms with Crippen molar-refractivity contribution in [3.63, 3.8) is 0 Å². The first kappa shape index (κ1) is 9.04. The maximum Gasteiger partial charge on any atom is 0.0665 e. The maximum absolute atomic E-state index is 9.06. The molecule has 2 bridgehead atoms. The molecular weight excluding hydrogens is 162 g/mol. The minimum Gasteiger partial charge on any atom is -0.411 e. The van der Waals surface area contributed by atoms with Crippen LogP contribution in [0.2, 0.25) is 0 Å². The summed E-state index contributed by atoms with van der Waals surface area (Å²) in [5.41, 5.74) is 1.26. The Morgan fingerprint density at radius 1 is 1.46 bits per heavy atom. The van der Waals surface area contributed by atoms with Crippen molar-refractivity contribution in [1.82, 2.24) is 0 Å². The summed E-state index contributed by atoms with van der Waals surface area (Å²) in [4.78, 5) is 0. The van der Waals surface area contributed by atoms with Gasteiger partial charge in [0.05, 0.1) is 5.71 Å². The van der Waals surface area contributed by atoms with Gasteiger partial charge in [0.15, 0.2) is 0 Å². The summed E-state index contributed by atoms with van der Waals surface area (Å²) in [5.74, 6) is 1.94. The fraction of sp³-hybridized carbons (Fsp3) is 0.909. The third-order valence-corrected chi connectivity index (χ3v) is 4.53. The quantitative estimate of drug-likeness (QED) is 0.489. The predicted molar refractivity (Wildman–Crippen MR) is 53.0 cm³/mol. The van der Waals surface area contributed by atoms with E-state index in [1.807, 2.05) is 0 Å². The molecule has 0 aromatic heterocycles. The fourth-order valence-electron chi connectivity index (χ4n) is 3.38. The topological polar surface area (TPSA) is 32.6 Å². The average Bonchev–Trinajstić information content (AvgIpc) is 2.62. The molecule has 0 aliphatic heterocycles. The van der Waals surface area contributed by atoms with E-state index in [1.165, 1.54) is 19.3 Å². The standard InChI is InChI=1S/C11H19NO/c1-7(2)11(3)9-5-4-8(6-9)10(11)12-13/h7-9,13H,4-6H2,1-3H3/b12-10-/t8-,9+,11+/m1/s1. The lowest BCUT2D eigenvalue weighted by Gasteiger charge is -2.38. The molecule has 0 heterocycles. The monoisotopic (exact) mass is 181 g/mol. The Balaban J connectivity index is 2.37. The van der Waals surface area contributed by atoms with Gasteiger partial charge in [-0.3, -0.25) is 0 Å². The minimum atomic E-state index is 0.178. The van der Waals surface area contributed by atoms with Crippen LogP contribution < -0.4 is 0 Å². The van der Waals surface area contributed by atoms with Gasteiger partial charge < -0.3 is 5.21 Å². The van der Waals surface area contributed by atoms with Crippen molar-refractivity contribution in [3.05, 3.63) is 0 Å². The zero-order valence-corrected chi connectivity index (χ0v) is 8.75. The first-order chi connectivity index (χ1) is 6.10. The van der Waals surface area contributed by atoms with Crippen LogP contribution >= 0.6 is 0 Å². The van der Waals surface area contributed by atoms with E-state index in [0.29, 0.717) is 11.8 Å². The van der Waals surface area contributed by atoms with Crippen molar-refractivity contribution in [2.45, 2.75) is 40.0 Å². The number of hydrogen-bond acceptors (Lipinski definition) is 2. The van der Waals surface area contributed by atoms with Crippen LogP contribution in [0.3, 0.4) is 0 Å². The van der Waals surface area contributed by atoms with Crippen molar-refractivity contribution < 1.29 is 5.21 Å². The van der Waals surface area contributed by atoms with E-state index in [0.717, 1.165) is 11.6 Å². The van der Waals surface area contributed by atoms with Gasteiger partial charge in [-0.25, -0.2) is 0 Å². The molecule has 0 spiro atoms. The Labute approximate surface area is 80.0 Å². The van der Waals surface area contributed by atoms with Crippen molar-refractivity contribution in [2.75, 3.05) is 0 Å². The van der Waals surface area contributed by atoms with Gasteiger partial charge in [-0.05, 0) is 31.1 Å². The molecule has 2 saturated carbocycles. The van der Waals surface area contributed by atoms with Gasteiger partial charge in [-0.1, -0.05) is 25.9 Å². The number of rotatable bonds is 1. The van der Waals surface area contributed by atoms with Gasteiger partial charge in [-0.2, -0.15) is 0 Å². The van der Waals surface area contributed by atoms with Crippen LogP contribution in [0.5, 0.6) is 0 Å². The lowest BCUT2D eigenvalue weighted by Crippen LogP contribution is -2.38. The van der Waals surface area contributed by atoms with Gasteiger partial charge >= 0.3 is 0 Å². The Morgan fingerprint density at radius 3 is 2.62 bits per heavy atom. The zero-order valence-electron chi connectivity index (χ0n) is 8.75. The average molecular weight is 181 g/mol. The highest BCUT2D eigenvalue weighted by Gasteiger charge is 2.54. The van der Waals surface area contributed by atoms with Crippen molar-refractivity contribution in [2.24, 2.45) is 28.3 Å². The summed E-state index contributed by atoms with van der Waals surface area (Å²) >= 11 is 0. The molecule has 2 heteroatoms. The first-order valence-electron chi connectivity index (χ1n) is 5.33. The van der Waals surface area contributed by atoms with E-state index < -0.39 is 0 Å². The zero-order chi connectivity index (χ0) is 9.64. The molecule has 0 amide bonds. The summed E-state index contributed by atoms with van der Waals surface area (Å²) in [5, 5.41) is 12.6. The molecule has 0 aromatic rings. The minimum absolute atomic E-state index is 0.178. The second-order valence-corrected chi connectivity index (χ2v) is 5.13. The van der Waals surface area contributed by atoms with Gasteiger partial charge in [0.1, 0.15) is 0 Å². The van der Waals surface area contributed by atoms with E-state index >= 15 is 0 Å². The summed E-state index contributed by atoms with van der Waals surface area (Å²) in [6.07, 6.45) is 3.83. The molecule has 74 valence electrons. The molecular formula is C11H19NO. The maximum atomic E-state index is 9.06. The van der Waals surface area contributed by atoms with Crippen LogP contribution in [-0.4, -0.2) is 10.9 Å². The smallest absolute Gasteiger partial charge is 0.0665 e. The Hall–Kier alpha value is -0.530. The van der Waals surface area contributed by atoms with Crippen molar-refractivity contribution in [3.8, 4) is 0 Å². The van der Waals surface area contributed by atoms with Crippen molar-refractivity contribution >= 4 is 5.71 Å². The summed E-state index contributed by atoms with van der Waals surface area (Å²) in [7, 11) is 0. The molecule has 2 fully saturated rings. The summed E-state index contributed by atoms with van der Waals surface area (Å²) in [6.45, 7) is 6.76. The van der Waals surface area contributed by atoms with Gasteiger partial charge in [-0.15, -0.1) is 0 Å². The Morgan fingerprint density at radius 2 is 2.15 bits per heavy atom. The molecule has 1 N–H and O–H groups in total. The molecule has 2 aliphatic rings. The Kier molecular flexibility index (Phi) is 1.90. The van der Waals surface area contributed by atoms with E-state index in [2.05, 4.69) is 25.9 Å². The lowest BCUT2D eigenvalue weighted by molar-refractivity contribution is 0.206. The molecule has 2 nitrogen and oxygen atoms in total. The largest absolute Gasteiger partial charge is 0.411 e. The Bertz CT molecular complexity index is 246. The third-order valence-electron chi connectivity index (χ3n) is 4.53. The summed E-state index contributed by atoms with van der Waals surface area (Å²) in [6, 6.07) is 0. The van der Waals surface area contributed by atoms with Gasteiger partial charge in [0.2, 0.25) is 0 Å². The van der Waals surface area contributed by atoms with Crippen molar-refractivity contribution in [1.29, 1.82) is 0 Å². The molecule has 0 aromatic carbocycles. The molecule has 0 unspecified atom stereocenters. The lowest BCUT2D eigenvalue weighted by atomic mass is 9.66. The van der Waals surface area contributed by atoms with E-state index in [-0.39, 0.29) is 5.41 Å². The summed E-state index contributed by atoms with van der Waals surface area (Å²) < 4.78 is 0. The highest BCUT2D eigenvalue weighted by molar-refractivity contribution is 5.95. The molecule has 3 atom stereocenters. The molecule has 13 heavy (non-hydrogen) atoms. The number of nitrogens with zero attached hydrogens (tertiary/aromatic N) is 1. The highest BCUT2D eigenvalue weighted by atomic mass is 16.4. The van der Waals surface area contributed by atoms with E-state index in [9.17, 15) is 0 Å². The van der Waals surface area contributed by atoms with E-state index in [4.69, 9.17) is 5.21 Å².